The average Bonchev–Trinajstić information content (AvgIpc) is 3.12. The number of benzene rings is 2. The first-order valence-electron chi connectivity index (χ1n) is 8.41. The van der Waals surface area contributed by atoms with Crippen molar-refractivity contribution in [2.45, 2.75) is 6.04 Å². The quantitative estimate of drug-likeness (QED) is 0.503. The van der Waals surface area contributed by atoms with Gasteiger partial charge in [0.15, 0.2) is 0 Å². The van der Waals surface area contributed by atoms with E-state index < -0.39 is 17.0 Å². The summed E-state index contributed by atoms with van der Waals surface area (Å²) in [5, 5.41) is 16.3. The summed E-state index contributed by atoms with van der Waals surface area (Å²) in [5.74, 6) is 1.24. The van der Waals surface area contributed by atoms with Crippen LogP contribution in [0.3, 0.4) is 0 Å². The van der Waals surface area contributed by atoms with Crippen LogP contribution in [0.15, 0.2) is 60.9 Å². The Labute approximate surface area is 161 Å². The molecule has 2 amide bonds. The predicted octanol–water partition coefficient (Wildman–Crippen LogP) is 3.25. The SMILES string of the molecule is COc1ccccc1C(NC(=O)Nc1ccc([N+](=O)[O-])cc1)c1nccn1C. The third kappa shape index (κ3) is 4.09. The lowest BCUT2D eigenvalue weighted by Crippen LogP contribution is -2.34. The van der Waals surface area contributed by atoms with Crippen molar-refractivity contribution < 1.29 is 14.5 Å². The molecule has 9 heteroatoms. The first-order valence-corrected chi connectivity index (χ1v) is 8.41. The van der Waals surface area contributed by atoms with Crippen molar-refractivity contribution in [2.75, 3.05) is 12.4 Å². The molecule has 1 heterocycles. The number of hydrogen-bond acceptors (Lipinski definition) is 5. The average molecular weight is 381 g/mol. The molecule has 2 N–H and O–H groups in total. The molecule has 3 rings (SSSR count). The van der Waals surface area contributed by atoms with Gasteiger partial charge in [-0.05, 0) is 18.2 Å². The maximum Gasteiger partial charge on any atom is 0.320 e. The number of hydrogen-bond donors (Lipinski definition) is 2. The molecule has 2 aromatic carbocycles. The molecule has 1 aromatic heterocycles. The predicted molar refractivity (Wildman–Crippen MR) is 103 cm³/mol. The Kier molecular flexibility index (Phi) is 5.54. The van der Waals surface area contributed by atoms with Gasteiger partial charge in [-0.1, -0.05) is 18.2 Å². The molecular weight excluding hydrogens is 362 g/mol. The molecule has 28 heavy (non-hydrogen) atoms. The van der Waals surface area contributed by atoms with E-state index >= 15 is 0 Å². The number of nitrogens with zero attached hydrogens (tertiary/aromatic N) is 3. The Morgan fingerprint density at radius 1 is 1.21 bits per heavy atom. The number of nitrogens with one attached hydrogen (secondary N) is 2. The number of ether oxygens (including phenoxy) is 1. The Balaban J connectivity index is 1.84. The van der Waals surface area contributed by atoms with E-state index in [-0.39, 0.29) is 5.69 Å². The second-order valence-electron chi connectivity index (χ2n) is 5.97. The molecule has 0 saturated heterocycles. The zero-order chi connectivity index (χ0) is 20.1. The van der Waals surface area contributed by atoms with E-state index in [0.29, 0.717) is 17.3 Å². The van der Waals surface area contributed by atoms with Crippen molar-refractivity contribution in [2.24, 2.45) is 7.05 Å². The number of non-ortho nitro benzene ring substituents is 1. The maximum absolute atomic E-state index is 12.6. The van der Waals surface area contributed by atoms with Crippen LogP contribution in [0.1, 0.15) is 17.4 Å². The lowest BCUT2D eigenvalue weighted by molar-refractivity contribution is -0.384. The first-order chi connectivity index (χ1) is 13.5. The molecule has 1 unspecified atom stereocenters. The summed E-state index contributed by atoms with van der Waals surface area (Å²) < 4.78 is 7.24. The number of nitro benzene ring substituents is 1. The fourth-order valence-corrected chi connectivity index (χ4v) is 2.81. The van der Waals surface area contributed by atoms with Gasteiger partial charge in [-0.25, -0.2) is 9.78 Å². The Bertz CT molecular complexity index is 984. The van der Waals surface area contributed by atoms with E-state index in [9.17, 15) is 14.9 Å². The number of carbonyl (C=O) groups is 1. The van der Waals surface area contributed by atoms with Gasteiger partial charge >= 0.3 is 6.03 Å². The number of urea groups is 1. The maximum atomic E-state index is 12.6. The molecule has 144 valence electrons. The molecule has 0 fully saturated rings. The van der Waals surface area contributed by atoms with Crippen LogP contribution in [0.25, 0.3) is 0 Å². The highest BCUT2D eigenvalue weighted by molar-refractivity contribution is 5.89. The van der Waals surface area contributed by atoms with Gasteiger partial charge in [0.05, 0.1) is 12.0 Å². The number of aromatic nitrogens is 2. The molecule has 1 atom stereocenters. The summed E-state index contributed by atoms with van der Waals surface area (Å²) in [5.41, 5.74) is 1.13. The molecule has 0 aliphatic rings. The molecule has 0 radical (unpaired) electrons. The summed E-state index contributed by atoms with van der Waals surface area (Å²) in [7, 11) is 3.39. The summed E-state index contributed by atoms with van der Waals surface area (Å²) in [6.07, 6.45) is 3.43. The second-order valence-corrected chi connectivity index (χ2v) is 5.97. The van der Waals surface area contributed by atoms with Gasteiger partial charge in [0.25, 0.3) is 5.69 Å². The van der Waals surface area contributed by atoms with Crippen LogP contribution in [-0.4, -0.2) is 27.6 Å². The fourth-order valence-electron chi connectivity index (χ4n) is 2.81. The summed E-state index contributed by atoms with van der Waals surface area (Å²) in [6.45, 7) is 0. The minimum atomic E-state index is -0.561. The molecule has 9 nitrogen and oxygen atoms in total. The smallest absolute Gasteiger partial charge is 0.320 e. The van der Waals surface area contributed by atoms with Gasteiger partial charge in [0, 0.05) is 42.8 Å². The van der Waals surface area contributed by atoms with E-state index in [4.69, 9.17) is 4.74 Å². The standard InChI is InChI=1S/C19H19N5O4/c1-23-12-11-20-18(23)17(15-5-3-4-6-16(15)28-2)22-19(25)21-13-7-9-14(10-8-13)24(26)27/h3-12,17H,1-2H3,(H2,21,22,25). The number of methoxy groups -OCH3 is 1. The third-order valence-electron chi connectivity index (χ3n) is 4.18. The minimum absolute atomic E-state index is 0.0501. The van der Waals surface area contributed by atoms with E-state index in [0.717, 1.165) is 5.56 Å². The lowest BCUT2D eigenvalue weighted by atomic mass is 10.0. The number of anilines is 1. The highest BCUT2D eigenvalue weighted by Crippen LogP contribution is 2.29. The molecule has 0 aliphatic carbocycles. The number of aryl methyl sites for hydroxylation is 1. The van der Waals surface area contributed by atoms with Crippen molar-refractivity contribution in [3.8, 4) is 5.75 Å². The number of carbonyl (C=O) groups excluding carboxylic acids is 1. The van der Waals surface area contributed by atoms with Crippen LogP contribution in [0.2, 0.25) is 0 Å². The van der Waals surface area contributed by atoms with Gasteiger partial charge in [-0.2, -0.15) is 0 Å². The molecule has 0 saturated carbocycles. The number of amides is 2. The Morgan fingerprint density at radius 3 is 2.54 bits per heavy atom. The minimum Gasteiger partial charge on any atom is -0.496 e. The van der Waals surface area contributed by atoms with Crippen LogP contribution in [0.5, 0.6) is 5.75 Å². The fraction of sp³-hybridized carbons (Fsp3) is 0.158. The molecule has 0 aliphatic heterocycles. The number of imidazole rings is 1. The van der Waals surface area contributed by atoms with Crippen molar-refractivity contribution >= 4 is 17.4 Å². The van der Waals surface area contributed by atoms with Crippen molar-refractivity contribution in [1.82, 2.24) is 14.9 Å². The van der Waals surface area contributed by atoms with Crippen LogP contribution in [0.4, 0.5) is 16.2 Å². The van der Waals surface area contributed by atoms with Gasteiger partial charge in [0.1, 0.15) is 17.6 Å². The van der Waals surface area contributed by atoms with E-state index in [2.05, 4.69) is 15.6 Å². The van der Waals surface area contributed by atoms with Crippen LogP contribution >= 0.6 is 0 Å². The van der Waals surface area contributed by atoms with E-state index in [1.165, 1.54) is 24.3 Å². The second kappa shape index (κ2) is 8.21. The summed E-state index contributed by atoms with van der Waals surface area (Å²) >= 11 is 0. The van der Waals surface area contributed by atoms with Gasteiger partial charge in [-0.15, -0.1) is 0 Å². The highest BCUT2D eigenvalue weighted by Gasteiger charge is 2.24. The molecular formula is C19H19N5O4. The van der Waals surface area contributed by atoms with Crippen molar-refractivity contribution in [1.29, 1.82) is 0 Å². The number of rotatable bonds is 6. The largest absolute Gasteiger partial charge is 0.496 e. The number of nitro groups is 1. The Hall–Kier alpha value is -3.88. The molecule has 3 aromatic rings. The topological polar surface area (TPSA) is 111 Å². The molecule has 0 bridgehead atoms. The van der Waals surface area contributed by atoms with E-state index in [1.54, 1.807) is 25.6 Å². The van der Waals surface area contributed by atoms with Gasteiger partial charge in [-0.3, -0.25) is 10.1 Å². The highest BCUT2D eigenvalue weighted by atomic mass is 16.6. The summed E-state index contributed by atoms with van der Waals surface area (Å²) in [6, 6.07) is 11.9. The van der Waals surface area contributed by atoms with Crippen LogP contribution in [0, 0.1) is 10.1 Å². The van der Waals surface area contributed by atoms with Crippen molar-refractivity contribution in [3.05, 3.63) is 82.4 Å². The normalized spacial score (nSPS) is 11.5. The monoisotopic (exact) mass is 381 g/mol. The third-order valence-corrected chi connectivity index (χ3v) is 4.18. The van der Waals surface area contributed by atoms with Crippen molar-refractivity contribution in [3.63, 3.8) is 0 Å². The van der Waals surface area contributed by atoms with Gasteiger partial charge in [0.2, 0.25) is 0 Å². The van der Waals surface area contributed by atoms with E-state index in [1.807, 2.05) is 29.8 Å². The van der Waals surface area contributed by atoms with Crippen LogP contribution in [-0.2, 0) is 7.05 Å². The first kappa shape index (κ1) is 18.9. The zero-order valence-corrected chi connectivity index (χ0v) is 15.3. The lowest BCUT2D eigenvalue weighted by Gasteiger charge is -2.21. The molecule has 0 spiro atoms. The Morgan fingerprint density at radius 2 is 1.93 bits per heavy atom. The number of para-hydroxylation sites is 1. The summed E-state index contributed by atoms with van der Waals surface area (Å²) in [4.78, 5) is 27.2. The van der Waals surface area contributed by atoms with Gasteiger partial charge < -0.3 is 19.9 Å². The van der Waals surface area contributed by atoms with Crippen LogP contribution < -0.4 is 15.4 Å². The zero-order valence-electron chi connectivity index (χ0n) is 15.3.